The lowest BCUT2D eigenvalue weighted by molar-refractivity contribution is -0.123. The molecule has 0 radical (unpaired) electrons. The molecule has 0 aliphatic heterocycles. The van der Waals surface area contributed by atoms with E-state index in [1.807, 2.05) is 6.92 Å². The largest absolute Gasteiger partial charge is 0.449 e. The number of rotatable bonds is 7. The fraction of sp³-hybridized carbons (Fsp3) is 0.389. The molecular weight excluding hydrogens is 380 g/mol. The average Bonchev–Trinajstić information content (AvgIpc) is 2.89. The minimum Gasteiger partial charge on any atom is -0.449 e. The van der Waals surface area contributed by atoms with Crippen molar-refractivity contribution in [3.05, 3.63) is 46.2 Å². The zero-order valence-electron chi connectivity index (χ0n) is 15.2. The molecule has 1 N–H and O–H groups in total. The maximum absolute atomic E-state index is 13.2. The molecule has 0 bridgehead atoms. The molecular formula is C18H20ClF2N3O3. The number of nitrogens with one attached hydrogen (secondary N) is 1. The van der Waals surface area contributed by atoms with Crippen molar-refractivity contribution in [2.75, 3.05) is 5.32 Å². The lowest BCUT2D eigenvalue weighted by atomic mass is 10.2. The molecule has 0 fully saturated rings. The standard InChI is InChI=1S/C18H20ClF2N3O3/c1-4-5-8-24-16(19)15(10(2)23-24)18(26)27-11(3)17(25)22-12-6-7-13(20)14(21)9-12/h6-7,9,11H,4-5,8H2,1-3H3,(H,22,25)/t11-/m1/s1. The monoisotopic (exact) mass is 399 g/mol. The van der Waals surface area contributed by atoms with Gasteiger partial charge in [0.25, 0.3) is 5.91 Å². The van der Waals surface area contributed by atoms with Gasteiger partial charge in [-0.1, -0.05) is 24.9 Å². The van der Waals surface area contributed by atoms with Crippen LogP contribution in [-0.4, -0.2) is 27.8 Å². The van der Waals surface area contributed by atoms with E-state index in [-0.39, 0.29) is 16.4 Å². The van der Waals surface area contributed by atoms with Gasteiger partial charge < -0.3 is 10.1 Å². The van der Waals surface area contributed by atoms with Gasteiger partial charge >= 0.3 is 5.97 Å². The molecule has 1 amide bonds. The third kappa shape index (κ3) is 5.03. The quantitative estimate of drug-likeness (QED) is 0.711. The number of amides is 1. The number of benzene rings is 1. The van der Waals surface area contributed by atoms with Crippen molar-refractivity contribution in [1.82, 2.24) is 9.78 Å². The number of aryl methyl sites for hydroxylation is 2. The van der Waals surface area contributed by atoms with E-state index in [1.54, 1.807) is 6.92 Å². The van der Waals surface area contributed by atoms with Crippen LogP contribution < -0.4 is 5.32 Å². The van der Waals surface area contributed by atoms with Crippen molar-refractivity contribution in [2.45, 2.75) is 46.3 Å². The minimum absolute atomic E-state index is 0.0448. The van der Waals surface area contributed by atoms with Crippen molar-refractivity contribution in [1.29, 1.82) is 0 Å². The normalized spacial score (nSPS) is 11.9. The fourth-order valence-electron chi connectivity index (χ4n) is 2.33. The highest BCUT2D eigenvalue weighted by molar-refractivity contribution is 6.32. The molecule has 0 unspecified atom stereocenters. The van der Waals surface area contributed by atoms with Crippen LogP contribution >= 0.6 is 11.6 Å². The number of carbonyl (C=O) groups excluding carboxylic acids is 2. The zero-order valence-corrected chi connectivity index (χ0v) is 15.9. The second-order valence-electron chi connectivity index (χ2n) is 5.99. The predicted molar refractivity (Wildman–Crippen MR) is 96.7 cm³/mol. The molecule has 1 aromatic carbocycles. The highest BCUT2D eigenvalue weighted by Crippen LogP contribution is 2.22. The third-order valence-corrected chi connectivity index (χ3v) is 4.22. The molecule has 27 heavy (non-hydrogen) atoms. The Kier molecular flexibility index (Phi) is 6.90. The van der Waals surface area contributed by atoms with Gasteiger partial charge in [-0.05, 0) is 32.4 Å². The zero-order chi connectivity index (χ0) is 20.1. The van der Waals surface area contributed by atoms with Gasteiger partial charge in [-0.15, -0.1) is 0 Å². The van der Waals surface area contributed by atoms with Crippen LogP contribution in [0, 0.1) is 18.6 Å². The lowest BCUT2D eigenvalue weighted by Gasteiger charge is -2.13. The summed E-state index contributed by atoms with van der Waals surface area (Å²) in [5, 5.41) is 6.72. The number of carbonyl (C=O) groups is 2. The molecule has 2 aromatic rings. The molecule has 1 heterocycles. The van der Waals surface area contributed by atoms with E-state index >= 15 is 0 Å². The van der Waals surface area contributed by atoms with Crippen LogP contribution in [0.1, 0.15) is 42.7 Å². The van der Waals surface area contributed by atoms with Crippen molar-refractivity contribution >= 4 is 29.2 Å². The summed E-state index contributed by atoms with van der Waals surface area (Å²) in [7, 11) is 0. The summed E-state index contributed by atoms with van der Waals surface area (Å²) in [5.74, 6) is -3.60. The first kappa shape index (κ1) is 20.8. The average molecular weight is 400 g/mol. The molecule has 1 atom stereocenters. The molecule has 0 saturated carbocycles. The Labute approximate surface area is 160 Å². The molecule has 6 nitrogen and oxygen atoms in total. The molecule has 0 aliphatic carbocycles. The number of aromatic nitrogens is 2. The number of hydrogen-bond acceptors (Lipinski definition) is 4. The van der Waals surface area contributed by atoms with E-state index in [0.29, 0.717) is 12.2 Å². The van der Waals surface area contributed by atoms with E-state index in [4.69, 9.17) is 16.3 Å². The Morgan fingerprint density at radius 3 is 2.67 bits per heavy atom. The molecule has 0 saturated heterocycles. The topological polar surface area (TPSA) is 73.2 Å². The number of ether oxygens (including phenoxy) is 1. The van der Waals surface area contributed by atoms with E-state index in [9.17, 15) is 18.4 Å². The number of hydrogen-bond donors (Lipinski definition) is 1. The first-order valence-corrected chi connectivity index (χ1v) is 8.82. The SMILES string of the molecule is CCCCn1nc(C)c(C(=O)O[C@H](C)C(=O)Nc2ccc(F)c(F)c2)c1Cl. The summed E-state index contributed by atoms with van der Waals surface area (Å²) in [5.41, 5.74) is 0.540. The Morgan fingerprint density at radius 1 is 1.33 bits per heavy atom. The molecule has 9 heteroatoms. The smallest absolute Gasteiger partial charge is 0.343 e. The van der Waals surface area contributed by atoms with E-state index < -0.39 is 29.6 Å². The number of unbranched alkanes of at least 4 members (excludes halogenated alkanes) is 1. The Balaban J connectivity index is 2.05. The lowest BCUT2D eigenvalue weighted by Crippen LogP contribution is -2.30. The van der Waals surface area contributed by atoms with Gasteiger partial charge in [0.15, 0.2) is 17.7 Å². The highest BCUT2D eigenvalue weighted by Gasteiger charge is 2.25. The fourth-order valence-corrected chi connectivity index (χ4v) is 2.67. The summed E-state index contributed by atoms with van der Waals surface area (Å²) in [4.78, 5) is 24.5. The summed E-state index contributed by atoms with van der Waals surface area (Å²) in [6.45, 7) is 5.57. The third-order valence-electron chi connectivity index (χ3n) is 3.83. The van der Waals surface area contributed by atoms with Crippen molar-refractivity contribution in [2.24, 2.45) is 0 Å². The van der Waals surface area contributed by atoms with Crippen LogP contribution in [0.3, 0.4) is 0 Å². The van der Waals surface area contributed by atoms with E-state index in [1.165, 1.54) is 17.7 Å². The Morgan fingerprint density at radius 2 is 2.04 bits per heavy atom. The van der Waals surface area contributed by atoms with Crippen molar-refractivity contribution in [3.8, 4) is 0 Å². The number of nitrogens with zero attached hydrogens (tertiary/aromatic N) is 2. The van der Waals surface area contributed by atoms with Crippen LogP contribution in [0.15, 0.2) is 18.2 Å². The molecule has 1 aromatic heterocycles. The van der Waals surface area contributed by atoms with Gasteiger partial charge in [0, 0.05) is 18.3 Å². The summed E-state index contributed by atoms with van der Waals surface area (Å²) in [6.07, 6.45) is 0.610. The maximum atomic E-state index is 13.2. The van der Waals surface area contributed by atoms with Crippen LogP contribution in [0.2, 0.25) is 5.15 Å². The van der Waals surface area contributed by atoms with E-state index in [0.717, 1.165) is 25.0 Å². The van der Waals surface area contributed by atoms with Crippen molar-refractivity contribution < 1.29 is 23.1 Å². The molecule has 0 aliphatic rings. The van der Waals surface area contributed by atoms with Gasteiger partial charge in [-0.25, -0.2) is 13.6 Å². The highest BCUT2D eigenvalue weighted by atomic mass is 35.5. The van der Waals surface area contributed by atoms with Gasteiger partial charge in [0.05, 0.1) is 5.69 Å². The Hall–Kier alpha value is -2.48. The summed E-state index contributed by atoms with van der Waals surface area (Å²) in [6, 6.07) is 2.92. The molecule has 146 valence electrons. The van der Waals surface area contributed by atoms with Crippen LogP contribution in [-0.2, 0) is 16.1 Å². The van der Waals surface area contributed by atoms with Crippen molar-refractivity contribution in [3.63, 3.8) is 0 Å². The van der Waals surface area contributed by atoms with Gasteiger partial charge in [-0.3, -0.25) is 9.48 Å². The number of halogens is 3. The number of anilines is 1. The second-order valence-corrected chi connectivity index (χ2v) is 6.35. The second kappa shape index (κ2) is 8.94. The summed E-state index contributed by atoms with van der Waals surface area (Å²) >= 11 is 6.21. The number of esters is 1. The maximum Gasteiger partial charge on any atom is 0.343 e. The van der Waals surface area contributed by atoms with Gasteiger partial charge in [0.2, 0.25) is 0 Å². The first-order chi connectivity index (χ1) is 12.7. The minimum atomic E-state index is -1.18. The Bertz CT molecular complexity index is 855. The predicted octanol–water partition coefficient (Wildman–Crippen LogP) is 4.11. The van der Waals surface area contributed by atoms with Gasteiger partial charge in [-0.2, -0.15) is 5.10 Å². The summed E-state index contributed by atoms with van der Waals surface area (Å²) < 4.78 is 32.8. The van der Waals surface area contributed by atoms with Gasteiger partial charge in [0.1, 0.15) is 10.7 Å². The molecule has 0 spiro atoms. The van der Waals surface area contributed by atoms with Crippen LogP contribution in [0.25, 0.3) is 0 Å². The van der Waals surface area contributed by atoms with Crippen LogP contribution in [0.5, 0.6) is 0 Å². The van der Waals surface area contributed by atoms with E-state index in [2.05, 4.69) is 10.4 Å². The van der Waals surface area contributed by atoms with Crippen LogP contribution in [0.4, 0.5) is 14.5 Å². The molecule has 2 rings (SSSR count). The first-order valence-electron chi connectivity index (χ1n) is 8.44.